The van der Waals surface area contributed by atoms with Gasteiger partial charge in [0.15, 0.2) is 0 Å². The molecule has 3 nitrogen and oxygen atoms in total. The normalized spacial score (nSPS) is 14.3. The summed E-state index contributed by atoms with van der Waals surface area (Å²) in [4.78, 5) is 10.4. The first-order valence-electron chi connectivity index (χ1n) is 6.81. The molecule has 2 aromatic rings. The minimum Gasteiger partial charge on any atom is -0.370 e. The zero-order valence-corrected chi connectivity index (χ0v) is 12.8. The van der Waals surface area contributed by atoms with Crippen LogP contribution in [0.2, 0.25) is 5.02 Å². The molecule has 1 aromatic heterocycles. The molecule has 0 bridgehead atoms. The van der Waals surface area contributed by atoms with Gasteiger partial charge < -0.3 is 5.32 Å². The van der Waals surface area contributed by atoms with Crippen molar-refractivity contribution in [3.05, 3.63) is 41.2 Å². The van der Waals surface area contributed by atoms with E-state index >= 15 is 0 Å². The molecular weight excluding hydrogens is 290 g/mol. The molecule has 1 aliphatic carbocycles. The zero-order chi connectivity index (χ0) is 13.9. The van der Waals surface area contributed by atoms with E-state index in [1.165, 1.54) is 12.8 Å². The van der Waals surface area contributed by atoms with Crippen LogP contribution >= 0.6 is 23.4 Å². The summed E-state index contributed by atoms with van der Waals surface area (Å²) >= 11 is 7.56. The number of benzene rings is 1. The lowest BCUT2D eigenvalue weighted by atomic mass is 10.4. The van der Waals surface area contributed by atoms with Crippen LogP contribution in [0.1, 0.15) is 31.5 Å². The molecule has 0 atom stereocenters. The molecule has 0 aliphatic heterocycles. The molecule has 0 unspecified atom stereocenters. The molecule has 3 rings (SSSR count). The Morgan fingerprint density at radius 3 is 2.65 bits per heavy atom. The number of rotatable bonds is 5. The molecule has 1 fully saturated rings. The van der Waals surface area contributed by atoms with Crippen molar-refractivity contribution >= 4 is 29.2 Å². The summed E-state index contributed by atoms with van der Waals surface area (Å²) in [6, 6.07) is 9.84. The van der Waals surface area contributed by atoms with Gasteiger partial charge in [0.05, 0.1) is 0 Å². The number of nitrogens with one attached hydrogen (secondary N) is 1. The minimum atomic E-state index is 0.554. The molecule has 5 heteroatoms. The van der Waals surface area contributed by atoms with Gasteiger partial charge in [0.1, 0.15) is 16.7 Å². The Morgan fingerprint density at radius 1 is 1.25 bits per heavy atom. The molecule has 0 saturated heterocycles. The molecule has 1 aromatic carbocycles. The smallest absolute Gasteiger partial charge is 0.135 e. The van der Waals surface area contributed by atoms with E-state index < -0.39 is 0 Å². The Morgan fingerprint density at radius 2 is 2.00 bits per heavy atom. The largest absolute Gasteiger partial charge is 0.370 e. The lowest BCUT2D eigenvalue weighted by Crippen LogP contribution is -2.03. The second-order valence-corrected chi connectivity index (χ2v) is 6.34. The van der Waals surface area contributed by atoms with Crippen LogP contribution in [0.3, 0.4) is 0 Å². The van der Waals surface area contributed by atoms with Crippen LogP contribution in [0.25, 0.3) is 0 Å². The van der Waals surface area contributed by atoms with Gasteiger partial charge in [-0.1, -0.05) is 23.4 Å². The van der Waals surface area contributed by atoms with Gasteiger partial charge in [-0.25, -0.2) is 9.97 Å². The molecule has 0 spiro atoms. The van der Waals surface area contributed by atoms with Crippen molar-refractivity contribution in [3.8, 4) is 0 Å². The van der Waals surface area contributed by atoms with Gasteiger partial charge in [0.2, 0.25) is 0 Å². The van der Waals surface area contributed by atoms with E-state index in [0.717, 1.165) is 33.1 Å². The summed E-state index contributed by atoms with van der Waals surface area (Å²) in [5.74, 6) is 2.44. The third-order valence-electron chi connectivity index (χ3n) is 3.06. The minimum absolute atomic E-state index is 0.554. The second kappa shape index (κ2) is 6.02. The van der Waals surface area contributed by atoms with Crippen LogP contribution in [0.4, 0.5) is 5.82 Å². The fourth-order valence-electron chi connectivity index (χ4n) is 1.91. The summed E-state index contributed by atoms with van der Waals surface area (Å²) in [7, 11) is 0. The van der Waals surface area contributed by atoms with E-state index in [1.807, 2.05) is 30.3 Å². The highest BCUT2D eigenvalue weighted by Crippen LogP contribution is 2.39. The second-order valence-electron chi connectivity index (χ2n) is 4.81. The Hall–Kier alpha value is -1.26. The predicted octanol–water partition coefficient (Wildman–Crippen LogP) is 4.59. The van der Waals surface area contributed by atoms with E-state index in [9.17, 15) is 0 Å². The van der Waals surface area contributed by atoms with E-state index in [0.29, 0.717) is 5.92 Å². The quantitative estimate of drug-likeness (QED) is 0.820. The first-order chi connectivity index (χ1) is 9.74. The summed E-state index contributed by atoms with van der Waals surface area (Å²) in [5, 5.41) is 5.02. The number of halogens is 1. The molecule has 1 saturated carbocycles. The lowest BCUT2D eigenvalue weighted by Gasteiger charge is -2.08. The van der Waals surface area contributed by atoms with E-state index in [2.05, 4.69) is 22.2 Å². The summed E-state index contributed by atoms with van der Waals surface area (Å²) in [6.07, 6.45) is 2.42. The van der Waals surface area contributed by atoms with Crippen molar-refractivity contribution in [1.82, 2.24) is 9.97 Å². The van der Waals surface area contributed by atoms with Crippen molar-refractivity contribution in [2.75, 3.05) is 11.9 Å². The molecule has 1 heterocycles. The molecule has 0 amide bonds. The van der Waals surface area contributed by atoms with Crippen LogP contribution < -0.4 is 5.32 Å². The third kappa shape index (κ3) is 3.44. The topological polar surface area (TPSA) is 37.8 Å². The maximum Gasteiger partial charge on any atom is 0.135 e. The van der Waals surface area contributed by atoms with Crippen molar-refractivity contribution in [1.29, 1.82) is 0 Å². The van der Waals surface area contributed by atoms with Crippen LogP contribution in [0.5, 0.6) is 0 Å². The van der Waals surface area contributed by atoms with Crippen LogP contribution in [-0.4, -0.2) is 16.5 Å². The van der Waals surface area contributed by atoms with Crippen LogP contribution in [0.15, 0.2) is 40.3 Å². The average Bonchev–Trinajstić information content (AvgIpc) is 3.26. The fourth-order valence-corrected chi connectivity index (χ4v) is 2.86. The van der Waals surface area contributed by atoms with Gasteiger partial charge in [-0.15, -0.1) is 0 Å². The fraction of sp³-hybridized carbons (Fsp3) is 0.333. The van der Waals surface area contributed by atoms with Gasteiger partial charge in [-0.05, 0) is 44.0 Å². The SMILES string of the molecule is CCNc1cc(Sc2ccc(Cl)cc2)nc(C2CC2)n1. The molecule has 20 heavy (non-hydrogen) atoms. The number of hydrogen-bond acceptors (Lipinski definition) is 4. The van der Waals surface area contributed by atoms with E-state index in [4.69, 9.17) is 11.6 Å². The number of hydrogen-bond donors (Lipinski definition) is 1. The van der Waals surface area contributed by atoms with E-state index in [1.54, 1.807) is 11.8 Å². The van der Waals surface area contributed by atoms with Crippen LogP contribution in [0, 0.1) is 0 Å². The van der Waals surface area contributed by atoms with Gasteiger partial charge in [0, 0.05) is 28.4 Å². The number of aromatic nitrogens is 2. The zero-order valence-electron chi connectivity index (χ0n) is 11.3. The summed E-state index contributed by atoms with van der Waals surface area (Å²) in [6.45, 7) is 2.94. The number of nitrogens with zero attached hydrogens (tertiary/aromatic N) is 2. The molecule has 0 radical (unpaired) electrons. The van der Waals surface area contributed by atoms with Crippen molar-refractivity contribution in [2.24, 2.45) is 0 Å². The predicted molar refractivity (Wildman–Crippen MR) is 83.7 cm³/mol. The Bertz CT molecular complexity index is 597. The summed E-state index contributed by atoms with van der Waals surface area (Å²) < 4.78 is 0. The van der Waals surface area contributed by atoms with Gasteiger partial charge in [-0.2, -0.15) is 0 Å². The lowest BCUT2D eigenvalue weighted by molar-refractivity contribution is 0.877. The molecular formula is C15H16ClN3S. The van der Waals surface area contributed by atoms with Gasteiger partial charge >= 0.3 is 0 Å². The average molecular weight is 306 g/mol. The van der Waals surface area contributed by atoms with Crippen LogP contribution in [-0.2, 0) is 0 Å². The highest BCUT2D eigenvalue weighted by atomic mass is 35.5. The highest BCUT2D eigenvalue weighted by Gasteiger charge is 2.27. The van der Waals surface area contributed by atoms with Crippen molar-refractivity contribution < 1.29 is 0 Å². The Balaban J connectivity index is 1.85. The first kappa shape index (κ1) is 13.7. The first-order valence-corrected chi connectivity index (χ1v) is 8.00. The van der Waals surface area contributed by atoms with E-state index in [-0.39, 0.29) is 0 Å². The van der Waals surface area contributed by atoms with Gasteiger partial charge in [-0.3, -0.25) is 0 Å². The van der Waals surface area contributed by atoms with Crippen molar-refractivity contribution in [3.63, 3.8) is 0 Å². The Labute approximate surface area is 128 Å². The molecule has 1 aliphatic rings. The summed E-state index contributed by atoms with van der Waals surface area (Å²) in [5.41, 5.74) is 0. The van der Waals surface area contributed by atoms with Crippen molar-refractivity contribution in [2.45, 2.75) is 35.6 Å². The standard InChI is InChI=1S/C15H16ClN3S/c1-2-17-13-9-14(19-15(18-13)10-3-4-10)20-12-7-5-11(16)6-8-12/h5-10H,2-4H2,1H3,(H,17,18,19). The van der Waals surface area contributed by atoms with Gasteiger partial charge in [0.25, 0.3) is 0 Å². The highest BCUT2D eigenvalue weighted by molar-refractivity contribution is 7.99. The third-order valence-corrected chi connectivity index (χ3v) is 4.23. The maximum atomic E-state index is 5.91. The molecule has 1 N–H and O–H groups in total. The maximum absolute atomic E-state index is 5.91. The number of anilines is 1. The monoisotopic (exact) mass is 305 g/mol. The Kier molecular flexibility index (Phi) is 4.13. The molecule has 104 valence electrons.